The molecular formula is C32H47ClN6O3S. The molecule has 0 bridgehead atoms. The molecule has 0 atom stereocenters. The van der Waals surface area contributed by atoms with Crippen molar-refractivity contribution in [2.75, 3.05) is 58.6 Å². The summed E-state index contributed by atoms with van der Waals surface area (Å²) in [7, 11) is -3.30. The summed E-state index contributed by atoms with van der Waals surface area (Å²) < 4.78 is 28.7. The van der Waals surface area contributed by atoms with Gasteiger partial charge in [-0.25, -0.2) is 8.42 Å². The van der Waals surface area contributed by atoms with E-state index in [2.05, 4.69) is 25.4 Å². The smallest absolute Gasteiger partial charge is 0.222 e. The van der Waals surface area contributed by atoms with Crippen molar-refractivity contribution in [2.24, 2.45) is 0 Å². The maximum atomic E-state index is 12.5. The topological polar surface area (TPSA) is 82.0 Å². The van der Waals surface area contributed by atoms with Crippen LogP contribution in [0.4, 0.5) is 0 Å². The standard InChI is InChI=1S/C32H47ClN6O3S/c1-43(41,42)37-22-13-30-28(24-37)32(26-9-10-29(33)25(23-26)7-4-16-35-14-2-3-15-35)34-39(30)19-6-17-36-20-11-27(12-21-36)38-18-5-8-31(38)40/h9-10,23,27H,2-8,11-22,24H2,1H3. The Bertz CT molecular complexity index is 1400. The van der Waals surface area contributed by atoms with Gasteiger partial charge in [-0.05, 0) is 95.2 Å². The third kappa shape index (κ3) is 7.30. The zero-order chi connectivity index (χ0) is 30.0. The fourth-order valence-corrected chi connectivity index (χ4v) is 8.53. The zero-order valence-corrected chi connectivity index (χ0v) is 27.2. The van der Waals surface area contributed by atoms with E-state index in [0.717, 1.165) is 111 Å². The summed E-state index contributed by atoms with van der Waals surface area (Å²) >= 11 is 6.66. The van der Waals surface area contributed by atoms with Crippen LogP contribution < -0.4 is 0 Å². The fraction of sp³-hybridized carbons (Fsp3) is 0.688. The van der Waals surface area contributed by atoms with Crippen molar-refractivity contribution in [1.29, 1.82) is 0 Å². The molecule has 1 amide bonds. The minimum Gasteiger partial charge on any atom is -0.340 e. The second-order valence-corrected chi connectivity index (χ2v) is 15.3. The number of nitrogens with zero attached hydrogens (tertiary/aromatic N) is 6. The molecule has 2 aromatic rings. The number of hydrogen-bond acceptors (Lipinski definition) is 6. The summed E-state index contributed by atoms with van der Waals surface area (Å²) in [4.78, 5) is 19.3. The number of carbonyl (C=O) groups is 1. The van der Waals surface area contributed by atoms with Gasteiger partial charge in [-0.2, -0.15) is 9.40 Å². The fourth-order valence-electron chi connectivity index (χ4n) is 7.53. The third-order valence-corrected chi connectivity index (χ3v) is 11.6. The number of halogens is 1. The summed E-state index contributed by atoms with van der Waals surface area (Å²) in [6.07, 6.45) is 11.4. The zero-order valence-electron chi connectivity index (χ0n) is 25.6. The first-order valence-corrected chi connectivity index (χ1v) is 18.6. The number of hydrogen-bond donors (Lipinski definition) is 0. The lowest BCUT2D eigenvalue weighted by molar-refractivity contribution is -0.130. The van der Waals surface area contributed by atoms with Crippen molar-refractivity contribution in [3.8, 4) is 11.3 Å². The average molecular weight is 631 g/mol. The molecule has 9 nitrogen and oxygen atoms in total. The Morgan fingerprint density at radius 3 is 2.37 bits per heavy atom. The van der Waals surface area contributed by atoms with Gasteiger partial charge in [0.25, 0.3) is 0 Å². The Balaban J connectivity index is 1.13. The molecule has 11 heteroatoms. The van der Waals surface area contributed by atoms with E-state index in [1.165, 1.54) is 32.2 Å². The molecule has 236 valence electrons. The first-order chi connectivity index (χ1) is 20.8. The molecule has 0 saturated carbocycles. The van der Waals surface area contributed by atoms with Crippen molar-refractivity contribution < 1.29 is 13.2 Å². The van der Waals surface area contributed by atoms with Gasteiger partial charge in [-0.3, -0.25) is 9.48 Å². The number of likely N-dealkylation sites (tertiary alicyclic amines) is 3. The summed E-state index contributed by atoms with van der Waals surface area (Å²) in [5.41, 5.74) is 5.22. The number of fused-ring (bicyclic) bond motifs is 1. The highest BCUT2D eigenvalue weighted by Gasteiger charge is 2.32. The molecule has 0 N–H and O–H groups in total. The highest BCUT2D eigenvalue weighted by atomic mass is 35.5. The molecule has 0 unspecified atom stereocenters. The molecule has 6 rings (SSSR count). The van der Waals surface area contributed by atoms with Crippen LogP contribution in [0.25, 0.3) is 11.3 Å². The van der Waals surface area contributed by atoms with Gasteiger partial charge < -0.3 is 14.7 Å². The second kappa shape index (κ2) is 13.6. The number of aromatic nitrogens is 2. The van der Waals surface area contributed by atoms with E-state index in [1.807, 2.05) is 12.1 Å². The van der Waals surface area contributed by atoms with E-state index in [-0.39, 0.29) is 0 Å². The van der Waals surface area contributed by atoms with Gasteiger partial charge >= 0.3 is 0 Å². The van der Waals surface area contributed by atoms with Gasteiger partial charge in [0.2, 0.25) is 15.9 Å². The SMILES string of the molecule is CS(=O)(=O)N1CCc2c(c(-c3ccc(Cl)c(CCCN4CCCC4)c3)nn2CCCN2CCC(N3CCCC3=O)CC2)C1. The summed E-state index contributed by atoms with van der Waals surface area (Å²) in [5, 5.41) is 5.92. The van der Waals surface area contributed by atoms with Crippen molar-refractivity contribution >= 4 is 27.5 Å². The summed E-state index contributed by atoms with van der Waals surface area (Å²) in [5.74, 6) is 0.335. The summed E-state index contributed by atoms with van der Waals surface area (Å²) in [6, 6.07) is 6.60. The molecule has 43 heavy (non-hydrogen) atoms. The number of aryl methyl sites for hydroxylation is 2. The minimum absolute atomic E-state index is 0.335. The molecule has 4 aliphatic heterocycles. The Morgan fingerprint density at radius 1 is 0.907 bits per heavy atom. The lowest BCUT2D eigenvalue weighted by atomic mass is 9.99. The Morgan fingerprint density at radius 2 is 1.65 bits per heavy atom. The molecule has 4 aliphatic rings. The molecule has 3 saturated heterocycles. The first kappa shape index (κ1) is 31.0. The average Bonchev–Trinajstić information content (AvgIpc) is 3.75. The van der Waals surface area contributed by atoms with Gasteiger partial charge in [0.05, 0.1) is 11.9 Å². The molecule has 1 aromatic heterocycles. The Hall–Kier alpha value is -1.98. The highest BCUT2D eigenvalue weighted by Crippen LogP contribution is 2.33. The van der Waals surface area contributed by atoms with E-state index in [4.69, 9.17) is 16.7 Å². The van der Waals surface area contributed by atoms with E-state index in [0.29, 0.717) is 37.9 Å². The molecule has 5 heterocycles. The van der Waals surface area contributed by atoms with Gasteiger partial charge in [-0.15, -0.1) is 0 Å². The van der Waals surface area contributed by atoms with Crippen LogP contribution >= 0.6 is 11.6 Å². The van der Waals surface area contributed by atoms with Crippen LogP contribution in [0.15, 0.2) is 18.2 Å². The molecule has 0 aliphatic carbocycles. The maximum Gasteiger partial charge on any atom is 0.222 e. The predicted octanol–water partition coefficient (Wildman–Crippen LogP) is 4.03. The van der Waals surface area contributed by atoms with Crippen molar-refractivity contribution in [2.45, 2.75) is 83.3 Å². The van der Waals surface area contributed by atoms with Crippen LogP contribution in [-0.4, -0.2) is 108 Å². The molecule has 0 spiro atoms. The second-order valence-electron chi connectivity index (χ2n) is 12.9. The quantitative estimate of drug-likeness (QED) is 0.373. The van der Waals surface area contributed by atoms with E-state index in [9.17, 15) is 13.2 Å². The maximum absolute atomic E-state index is 12.5. The van der Waals surface area contributed by atoms with Crippen LogP contribution in [0.2, 0.25) is 5.02 Å². The van der Waals surface area contributed by atoms with Gasteiger partial charge in [0.1, 0.15) is 0 Å². The number of sulfonamides is 1. The monoisotopic (exact) mass is 630 g/mol. The van der Waals surface area contributed by atoms with Gasteiger partial charge in [0, 0.05) is 80.0 Å². The van der Waals surface area contributed by atoms with E-state index < -0.39 is 10.0 Å². The first-order valence-electron chi connectivity index (χ1n) is 16.3. The van der Waals surface area contributed by atoms with E-state index >= 15 is 0 Å². The highest BCUT2D eigenvalue weighted by molar-refractivity contribution is 7.88. The van der Waals surface area contributed by atoms with Crippen LogP contribution in [-0.2, 0) is 40.7 Å². The van der Waals surface area contributed by atoms with Crippen molar-refractivity contribution in [3.05, 3.63) is 40.0 Å². The predicted molar refractivity (Wildman–Crippen MR) is 171 cm³/mol. The lowest BCUT2D eigenvalue weighted by Crippen LogP contribution is -2.45. The molecule has 3 fully saturated rings. The van der Waals surface area contributed by atoms with Gasteiger partial charge in [-0.1, -0.05) is 17.7 Å². The van der Waals surface area contributed by atoms with Crippen LogP contribution in [0, 0.1) is 0 Å². The van der Waals surface area contributed by atoms with Crippen LogP contribution in [0.3, 0.4) is 0 Å². The van der Waals surface area contributed by atoms with Crippen molar-refractivity contribution in [1.82, 2.24) is 28.8 Å². The number of benzene rings is 1. The van der Waals surface area contributed by atoms with Crippen LogP contribution in [0.5, 0.6) is 0 Å². The summed E-state index contributed by atoms with van der Waals surface area (Å²) in [6.45, 7) is 9.16. The number of piperidine rings is 1. The molecule has 0 radical (unpaired) electrons. The van der Waals surface area contributed by atoms with Crippen molar-refractivity contribution in [3.63, 3.8) is 0 Å². The molecular weight excluding hydrogens is 584 g/mol. The third-order valence-electron chi connectivity index (χ3n) is 9.96. The minimum atomic E-state index is -3.30. The van der Waals surface area contributed by atoms with Crippen LogP contribution in [0.1, 0.15) is 68.2 Å². The van der Waals surface area contributed by atoms with Gasteiger partial charge in [0.15, 0.2) is 0 Å². The lowest BCUT2D eigenvalue weighted by Gasteiger charge is -2.36. The number of carbonyl (C=O) groups excluding carboxylic acids is 1. The Kier molecular flexibility index (Phi) is 9.79. The van der Waals surface area contributed by atoms with E-state index in [1.54, 1.807) is 4.31 Å². The number of rotatable bonds is 11. The normalized spacial score (nSPS) is 21.3. The Labute approximate surface area is 262 Å². The largest absolute Gasteiger partial charge is 0.340 e. The number of amides is 1. The molecule has 1 aromatic carbocycles.